The molecule has 0 aliphatic rings. The van der Waals surface area contributed by atoms with Crippen molar-refractivity contribution in [3.8, 4) is 0 Å². The van der Waals surface area contributed by atoms with Crippen molar-refractivity contribution in [3.05, 3.63) is 30.1 Å². The van der Waals surface area contributed by atoms with E-state index in [2.05, 4.69) is 4.98 Å². The fourth-order valence-corrected chi connectivity index (χ4v) is 1.43. The molecule has 0 fully saturated rings. The van der Waals surface area contributed by atoms with Gasteiger partial charge in [-0.2, -0.15) is 0 Å². The number of carboxylic acids is 1. The predicted octanol–water partition coefficient (Wildman–Crippen LogP) is 1.29. The van der Waals surface area contributed by atoms with Crippen molar-refractivity contribution in [3.63, 3.8) is 0 Å². The Morgan fingerprint density at radius 3 is 2.71 bits per heavy atom. The monoisotopic (exact) mass is 236 g/mol. The summed E-state index contributed by atoms with van der Waals surface area (Å²) in [6.07, 6.45) is 1.98. The van der Waals surface area contributed by atoms with Crippen LogP contribution in [0.1, 0.15) is 25.5 Å². The fraction of sp³-hybridized carbons (Fsp3) is 0.417. The van der Waals surface area contributed by atoms with E-state index >= 15 is 0 Å². The first-order valence-electron chi connectivity index (χ1n) is 5.53. The van der Waals surface area contributed by atoms with Crippen LogP contribution in [0.4, 0.5) is 0 Å². The topological polar surface area (TPSA) is 70.5 Å². The second-order valence-electron chi connectivity index (χ2n) is 3.63. The molecule has 92 valence electrons. The molecule has 17 heavy (non-hydrogen) atoms. The highest BCUT2D eigenvalue weighted by Gasteiger charge is 2.13. The van der Waals surface area contributed by atoms with Crippen LogP contribution in [0.3, 0.4) is 0 Å². The number of hydrogen-bond donors (Lipinski definition) is 1. The molecule has 1 aromatic rings. The number of carboxylic acid groups (broad SMARTS) is 1. The van der Waals surface area contributed by atoms with Gasteiger partial charge in [0.25, 0.3) is 0 Å². The van der Waals surface area contributed by atoms with Crippen molar-refractivity contribution < 1.29 is 14.7 Å². The van der Waals surface area contributed by atoms with Gasteiger partial charge in [0.05, 0.1) is 18.7 Å². The summed E-state index contributed by atoms with van der Waals surface area (Å²) in [6, 6.07) is 5.46. The average Bonchev–Trinajstić information content (AvgIpc) is 2.34. The van der Waals surface area contributed by atoms with Gasteiger partial charge in [-0.05, 0) is 12.1 Å². The van der Waals surface area contributed by atoms with E-state index in [1.165, 1.54) is 4.90 Å². The van der Waals surface area contributed by atoms with E-state index in [4.69, 9.17) is 5.11 Å². The van der Waals surface area contributed by atoms with Gasteiger partial charge in [0.15, 0.2) is 0 Å². The number of pyridine rings is 1. The largest absolute Gasteiger partial charge is 0.481 e. The lowest BCUT2D eigenvalue weighted by molar-refractivity contribution is -0.138. The summed E-state index contributed by atoms with van der Waals surface area (Å²) in [7, 11) is 0. The van der Waals surface area contributed by atoms with Gasteiger partial charge in [-0.1, -0.05) is 13.0 Å². The third-order valence-corrected chi connectivity index (χ3v) is 2.33. The molecule has 1 aromatic heterocycles. The molecule has 5 heteroatoms. The first-order chi connectivity index (χ1) is 8.13. The quantitative estimate of drug-likeness (QED) is 0.808. The number of rotatable bonds is 6. The Morgan fingerprint density at radius 2 is 2.18 bits per heavy atom. The van der Waals surface area contributed by atoms with E-state index in [0.717, 1.165) is 5.69 Å². The van der Waals surface area contributed by atoms with Crippen LogP contribution in [-0.4, -0.2) is 33.4 Å². The SMILES string of the molecule is CCC(=O)N(CCC(=O)O)Cc1ccccn1. The standard InChI is InChI=1S/C12H16N2O3/c1-2-11(15)14(8-6-12(16)17)9-10-5-3-4-7-13-10/h3-5,7H,2,6,8-9H2,1H3,(H,16,17). The van der Waals surface area contributed by atoms with Crippen LogP contribution in [0.15, 0.2) is 24.4 Å². The van der Waals surface area contributed by atoms with Gasteiger partial charge in [0, 0.05) is 19.2 Å². The number of carbonyl (C=O) groups is 2. The van der Waals surface area contributed by atoms with Gasteiger partial charge >= 0.3 is 5.97 Å². The molecule has 0 bridgehead atoms. The third kappa shape index (κ3) is 4.63. The van der Waals surface area contributed by atoms with Crippen LogP contribution in [0, 0.1) is 0 Å². The van der Waals surface area contributed by atoms with E-state index in [0.29, 0.717) is 13.0 Å². The molecular formula is C12H16N2O3. The zero-order valence-electron chi connectivity index (χ0n) is 9.80. The highest BCUT2D eigenvalue weighted by Crippen LogP contribution is 2.04. The molecule has 5 nitrogen and oxygen atoms in total. The Morgan fingerprint density at radius 1 is 1.41 bits per heavy atom. The van der Waals surface area contributed by atoms with Gasteiger partial charge in [0.1, 0.15) is 0 Å². The Kier molecular flexibility index (Phi) is 5.13. The van der Waals surface area contributed by atoms with Crippen molar-refractivity contribution in [2.75, 3.05) is 6.54 Å². The van der Waals surface area contributed by atoms with E-state index < -0.39 is 5.97 Å². The summed E-state index contributed by atoms with van der Waals surface area (Å²) in [4.78, 5) is 27.8. The number of carbonyl (C=O) groups excluding carboxylic acids is 1. The lowest BCUT2D eigenvalue weighted by atomic mass is 10.3. The summed E-state index contributed by atoms with van der Waals surface area (Å²) in [6.45, 7) is 2.34. The molecule has 0 radical (unpaired) electrons. The average molecular weight is 236 g/mol. The smallest absolute Gasteiger partial charge is 0.305 e. The highest BCUT2D eigenvalue weighted by atomic mass is 16.4. The normalized spacial score (nSPS) is 9.94. The molecule has 0 saturated carbocycles. The van der Waals surface area contributed by atoms with Crippen molar-refractivity contribution in [2.45, 2.75) is 26.3 Å². The number of hydrogen-bond acceptors (Lipinski definition) is 3. The fourth-order valence-electron chi connectivity index (χ4n) is 1.43. The minimum absolute atomic E-state index is 0.0431. The zero-order valence-corrected chi connectivity index (χ0v) is 9.80. The summed E-state index contributed by atoms with van der Waals surface area (Å²) in [5.41, 5.74) is 0.764. The van der Waals surface area contributed by atoms with E-state index in [1.807, 2.05) is 12.1 Å². The van der Waals surface area contributed by atoms with Gasteiger partial charge < -0.3 is 10.0 Å². The van der Waals surface area contributed by atoms with Crippen molar-refractivity contribution in [1.82, 2.24) is 9.88 Å². The maximum Gasteiger partial charge on any atom is 0.305 e. The number of amides is 1. The molecular weight excluding hydrogens is 220 g/mol. The zero-order chi connectivity index (χ0) is 12.7. The molecule has 0 unspecified atom stereocenters. The number of aliphatic carboxylic acids is 1. The van der Waals surface area contributed by atoms with Gasteiger partial charge in [-0.15, -0.1) is 0 Å². The first-order valence-corrected chi connectivity index (χ1v) is 5.53. The van der Waals surface area contributed by atoms with E-state index in [-0.39, 0.29) is 18.9 Å². The lowest BCUT2D eigenvalue weighted by Crippen LogP contribution is -2.32. The van der Waals surface area contributed by atoms with Crippen LogP contribution in [0.25, 0.3) is 0 Å². The third-order valence-electron chi connectivity index (χ3n) is 2.33. The van der Waals surface area contributed by atoms with Crippen molar-refractivity contribution in [1.29, 1.82) is 0 Å². The first kappa shape index (κ1) is 13.2. The number of nitrogens with zero attached hydrogens (tertiary/aromatic N) is 2. The molecule has 1 N–H and O–H groups in total. The van der Waals surface area contributed by atoms with Crippen LogP contribution in [-0.2, 0) is 16.1 Å². The molecule has 0 spiro atoms. The second-order valence-corrected chi connectivity index (χ2v) is 3.63. The van der Waals surface area contributed by atoms with Crippen LogP contribution < -0.4 is 0 Å². The van der Waals surface area contributed by atoms with Crippen molar-refractivity contribution in [2.24, 2.45) is 0 Å². The second kappa shape index (κ2) is 6.62. The number of aromatic nitrogens is 1. The molecule has 0 aliphatic heterocycles. The molecule has 1 amide bonds. The summed E-state index contributed by atoms with van der Waals surface area (Å²) >= 11 is 0. The van der Waals surface area contributed by atoms with Crippen LogP contribution >= 0.6 is 0 Å². The Hall–Kier alpha value is -1.91. The summed E-state index contributed by atoms with van der Waals surface area (Å²) < 4.78 is 0. The van der Waals surface area contributed by atoms with E-state index in [9.17, 15) is 9.59 Å². The van der Waals surface area contributed by atoms with Gasteiger partial charge in [-0.3, -0.25) is 14.6 Å². The molecule has 0 aromatic carbocycles. The highest BCUT2D eigenvalue weighted by molar-refractivity contribution is 5.76. The Bertz CT molecular complexity index is 379. The molecule has 0 saturated heterocycles. The molecule has 1 rings (SSSR count). The molecule has 0 aliphatic carbocycles. The minimum Gasteiger partial charge on any atom is -0.481 e. The maximum atomic E-state index is 11.6. The summed E-state index contributed by atoms with van der Waals surface area (Å²) in [5, 5.41) is 8.63. The Balaban J connectivity index is 2.63. The minimum atomic E-state index is -0.903. The lowest BCUT2D eigenvalue weighted by Gasteiger charge is -2.20. The van der Waals surface area contributed by atoms with Gasteiger partial charge in [0.2, 0.25) is 5.91 Å². The Labute approximate surface area is 100 Å². The predicted molar refractivity (Wildman–Crippen MR) is 62.2 cm³/mol. The maximum absolute atomic E-state index is 11.6. The summed E-state index contributed by atoms with van der Waals surface area (Å²) in [5.74, 6) is -0.961. The van der Waals surface area contributed by atoms with E-state index in [1.54, 1.807) is 19.2 Å². The molecule has 1 heterocycles. The molecule has 0 atom stereocenters. The van der Waals surface area contributed by atoms with Crippen molar-refractivity contribution >= 4 is 11.9 Å². The van der Waals surface area contributed by atoms with Crippen LogP contribution in [0.2, 0.25) is 0 Å². The van der Waals surface area contributed by atoms with Crippen LogP contribution in [0.5, 0.6) is 0 Å². The van der Waals surface area contributed by atoms with Gasteiger partial charge in [-0.25, -0.2) is 0 Å².